The lowest BCUT2D eigenvalue weighted by Crippen LogP contribution is -2.46. The van der Waals surface area contributed by atoms with E-state index in [2.05, 4.69) is 35.2 Å². The van der Waals surface area contributed by atoms with Crippen LogP contribution in [0.2, 0.25) is 0 Å². The Morgan fingerprint density at radius 3 is 2.50 bits per heavy atom. The fraction of sp³-hybridized carbons (Fsp3) is 0.562. The summed E-state index contributed by atoms with van der Waals surface area (Å²) in [5, 5.41) is 0. The Morgan fingerprint density at radius 2 is 1.78 bits per heavy atom. The Balaban J connectivity index is 1.73. The van der Waals surface area contributed by atoms with Crippen molar-refractivity contribution in [1.82, 2.24) is 4.90 Å². The van der Waals surface area contributed by atoms with Gasteiger partial charge in [-0.2, -0.15) is 0 Å². The van der Waals surface area contributed by atoms with Crippen LogP contribution in [0.4, 0.5) is 0 Å². The minimum absolute atomic E-state index is 0.337. The van der Waals surface area contributed by atoms with Crippen LogP contribution in [-0.4, -0.2) is 22.8 Å². The van der Waals surface area contributed by atoms with Crippen LogP contribution in [0, 0.1) is 0 Å². The highest BCUT2D eigenvalue weighted by Gasteiger charge is 2.42. The molecule has 0 amide bonds. The van der Waals surface area contributed by atoms with E-state index in [1.165, 1.54) is 24.9 Å². The summed E-state index contributed by atoms with van der Waals surface area (Å²) in [7, 11) is 0. The predicted octanol–water partition coefficient (Wildman–Crippen LogP) is 3.16. The Labute approximate surface area is 109 Å². The molecule has 96 valence electrons. The van der Waals surface area contributed by atoms with Gasteiger partial charge < -0.3 is 0 Å². The summed E-state index contributed by atoms with van der Waals surface area (Å²) in [4.78, 5) is 14.1. The van der Waals surface area contributed by atoms with Crippen LogP contribution in [0.3, 0.4) is 0 Å². The van der Waals surface area contributed by atoms with Crippen molar-refractivity contribution in [1.29, 1.82) is 0 Å². The molecule has 1 aliphatic heterocycles. The number of likely N-dealkylation sites (tertiary alicyclic amines) is 1. The Bertz CT molecular complexity index is 416. The van der Waals surface area contributed by atoms with E-state index in [0.717, 1.165) is 32.2 Å². The van der Waals surface area contributed by atoms with Gasteiger partial charge in [0, 0.05) is 24.9 Å². The number of Topliss-reactive ketones (excluding diaryl/α,β-unsaturated/α-hetero) is 1. The van der Waals surface area contributed by atoms with Crippen molar-refractivity contribution in [3.8, 4) is 0 Å². The summed E-state index contributed by atoms with van der Waals surface area (Å²) in [6.07, 6.45) is 6.34. The standard InChI is InChI=1S/C16H21NO/c18-15-7-10-16(11-8-15)9-4-12-17(16)13-14-5-2-1-3-6-14/h1-3,5-6H,4,7-13H2. The fourth-order valence-electron chi connectivity index (χ4n) is 3.61. The van der Waals surface area contributed by atoms with Gasteiger partial charge in [0.25, 0.3) is 0 Å². The SMILES string of the molecule is O=C1CCC2(CCCN2Cc2ccccc2)CC1. The third kappa shape index (κ3) is 2.22. The van der Waals surface area contributed by atoms with Gasteiger partial charge in [0.15, 0.2) is 0 Å². The Kier molecular flexibility index (Phi) is 3.21. The Hall–Kier alpha value is -1.15. The summed E-state index contributed by atoms with van der Waals surface area (Å²) >= 11 is 0. The molecule has 1 saturated carbocycles. The molecule has 1 aromatic carbocycles. The molecule has 18 heavy (non-hydrogen) atoms. The molecule has 1 spiro atoms. The van der Waals surface area contributed by atoms with E-state index in [-0.39, 0.29) is 0 Å². The first-order valence-corrected chi connectivity index (χ1v) is 7.09. The van der Waals surface area contributed by atoms with E-state index in [9.17, 15) is 4.79 Å². The monoisotopic (exact) mass is 243 g/mol. The van der Waals surface area contributed by atoms with E-state index in [1.807, 2.05) is 0 Å². The van der Waals surface area contributed by atoms with Gasteiger partial charge in [-0.1, -0.05) is 30.3 Å². The lowest BCUT2D eigenvalue weighted by molar-refractivity contribution is -0.122. The van der Waals surface area contributed by atoms with Gasteiger partial charge in [-0.25, -0.2) is 0 Å². The maximum Gasteiger partial charge on any atom is 0.133 e. The molecule has 0 N–H and O–H groups in total. The van der Waals surface area contributed by atoms with Gasteiger partial charge >= 0.3 is 0 Å². The maximum absolute atomic E-state index is 11.4. The highest BCUT2D eigenvalue weighted by Crippen LogP contribution is 2.41. The molecule has 2 nitrogen and oxygen atoms in total. The molecule has 0 atom stereocenters. The zero-order chi connectivity index (χ0) is 12.4. The number of ketones is 1. The third-order valence-corrected chi connectivity index (χ3v) is 4.70. The number of nitrogens with zero attached hydrogens (tertiary/aromatic N) is 1. The Morgan fingerprint density at radius 1 is 1.06 bits per heavy atom. The predicted molar refractivity (Wildman–Crippen MR) is 72.3 cm³/mol. The fourth-order valence-corrected chi connectivity index (χ4v) is 3.61. The molecule has 1 aromatic rings. The average Bonchev–Trinajstić information content (AvgIpc) is 2.78. The second kappa shape index (κ2) is 4.85. The first-order chi connectivity index (χ1) is 8.78. The van der Waals surface area contributed by atoms with Gasteiger partial charge in [-0.15, -0.1) is 0 Å². The van der Waals surface area contributed by atoms with E-state index in [1.54, 1.807) is 0 Å². The largest absolute Gasteiger partial charge is 0.300 e. The zero-order valence-electron chi connectivity index (χ0n) is 10.9. The second-order valence-corrected chi connectivity index (χ2v) is 5.77. The first-order valence-electron chi connectivity index (χ1n) is 7.09. The smallest absolute Gasteiger partial charge is 0.133 e. The first kappa shape index (κ1) is 11.9. The molecule has 3 rings (SSSR count). The van der Waals surface area contributed by atoms with Crippen LogP contribution < -0.4 is 0 Å². The number of carbonyl (C=O) groups excluding carboxylic acids is 1. The van der Waals surface area contributed by atoms with Crippen LogP contribution >= 0.6 is 0 Å². The zero-order valence-corrected chi connectivity index (χ0v) is 10.9. The summed E-state index contributed by atoms with van der Waals surface area (Å²) in [5.74, 6) is 0.465. The van der Waals surface area contributed by atoms with Gasteiger partial charge in [-0.05, 0) is 37.8 Å². The summed E-state index contributed by atoms with van der Waals surface area (Å²) in [6.45, 7) is 2.25. The molecule has 2 aliphatic rings. The molecule has 1 heterocycles. The van der Waals surface area contributed by atoms with Crippen molar-refractivity contribution in [3.05, 3.63) is 35.9 Å². The van der Waals surface area contributed by atoms with Crippen molar-refractivity contribution in [2.75, 3.05) is 6.54 Å². The van der Waals surface area contributed by atoms with E-state index in [0.29, 0.717) is 11.3 Å². The quantitative estimate of drug-likeness (QED) is 0.795. The molecular weight excluding hydrogens is 222 g/mol. The third-order valence-electron chi connectivity index (χ3n) is 4.70. The van der Waals surface area contributed by atoms with E-state index < -0.39 is 0 Å². The number of benzene rings is 1. The normalized spacial score (nSPS) is 23.7. The lowest BCUT2D eigenvalue weighted by Gasteiger charge is -2.41. The number of hydrogen-bond acceptors (Lipinski definition) is 2. The lowest BCUT2D eigenvalue weighted by atomic mass is 9.79. The van der Waals surface area contributed by atoms with Crippen LogP contribution in [-0.2, 0) is 11.3 Å². The molecule has 2 fully saturated rings. The highest BCUT2D eigenvalue weighted by atomic mass is 16.1. The molecular formula is C16H21NO. The summed E-state index contributed by atoms with van der Waals surface area (Å²) in [6, 6.07) is 10.7. The van der Waals surface area contributed by atoms with Crippen molar-refractivity contribution in [2.24, 2.45) is 0 Å². The van der Waals surface area contributed by atoms with Gasteiger partial charge in [0.05, 0.1) is 0 Å². The van der Waals surface area contributed by atoms with Crippen LogP contribution in [0.1, 0.15) is 44.1 Å². The number of hydrogen-bond donors (Lipinski definition) is 0. The summed E-state index contributed by atoms with van der Waals surface area (Å²) in [5.41, 5.74) is 1.74. The maximum atomic E-state index is 11.4. The molecule has 0 aromatic heterocycles. The molecule has 2 heteroatoms. The van der Waals surface area contributed by atoms with E-state index in [4.69, 9.17) is 0 Å². The van der Waals surface area contributed by atoms with Crippen LogP contribution in [0.25, 0.3) is 0 Å². The molecule has 0 bridgehead atoms. The van der Waals surface area contributed by atoms with Crippen molar-refractivity contribution >= 4 is 5.78 Å². The minimum Gasteiger partial charge on any atom is -0.300 e. The van der Waals surface area contributed by atoms with Crippen molar-refractivity contribution < 1.29 is 4.79 Å². The van der Waals surface area contributed by atoms with Gasteiger partial charge in [0.1, 0.15) is 5.78 Å². The van der Waals surface area contributed by atoms with Gasteiger partial charge in [0.2, 0.25) is 0 Å². The minimum atomic E-state index is 0.337. The molecule has 0 radical (unpaired) electrons. The highest BCUT2D eigenvalue weighted by molar-refractivity contribution is 5.79. The number of carbonyl (C=O) groups is 1. The number of rotatable bonds is 2. The summed E-state index contributed by atoms with van der Waals surface area (Å²) < 4.78 is 0. The van der Waals surface area contributed by atoms with Crippen LogP contribution in [0.15, 0.2) is 30.3 Å². The van der Waals surface area contributed by atoms with Crippen molar-refractivity contribution in [2.45, 2.75) is 50.6 Å². The van der Waals surface area contributed by atoms with Crippen LogP contribution in [0.5, 0.6) is 0 Å². The van der Waals surface area contributed by atoms with Crippen molar-refractivity contribution in [3.63, 3.8) is 0 Å². The molecule has 1 saturated heterocycles. The molecule has 1 aliphatic carbocycles. The van der Waals surface area contributed by atoms with E-state index >= 15 is 0 Å². The second-order valence-electron chi connectivity index (χ2n) is 5.77. The topological polar surface area (TPSA) is 20.3 Å². The average molecular weight is 243 g/mol. The van der Waals surface area contributed by atoms with Gasteiger partial charge in [-0.3, -0.25) is 9.69 Å². The molecule has 0 unspecified atom stereocenters.